The van der Waals surface area contributed by atoms with E-state index in [1.54, 1.807) is 0 Å². The van der Waals surface area contributed by atoms with Crippen LogP contribution in [0, 0.1) is 0 Å². The lowest BCUT2D eigenvalue weighted by atomic mass is 9.91. The first-order valence-electron chi connectivity index (χ1n) is 17.9. The smallest absolute Gasteiger partial charge is 0.0794 e. The summed E-state index contributed by atoms with van der Waals surface area (Å²) in [6, 6.07) is 72.4. The number of hydrogen-bond donors (Lipinski definition) is 0. The third-order valence-corrected chi connectivity index (χ3v) is 10.4. The van der Waals surface area contributed by atoms with E-state index in [1.165, 1.54) is 88.0 Å². The lowest BCUT2D eigenvalue weighted by Gasteiger charge is -2.15. The van der Waals surface area contributed by atoms with E-state index in [1.807, 2.05) is 0 Å². The van der Waals surface area contributed by atoms with Crippen molar-refractivity contribution in [3.63, 3.8) is 0 Å². The van der Waals surface area contributed by atoms with Crippen LogP contribution in [0.5, 0.6) is 0 Å². The predicted molar refractivity (Wildman–Crippen MR) is 221 cm³/mol. The third-order valence-electron chi connectivity index (χ3n) is 10.4. The molecule has 52 heavy (non-hydrogen) atoms. The molecule has 0 saturated heterocycles. The zero-order chi connectivity index (χ0) is 34.4. The summed E-state index contributed by atoms with van der Waals surface area (Å²) in [5.74, 6) is 0. The molecule has 0 aliphatic carbocycles. The monoisotopic (exact) mass is 659 g/mol. The van der Waals surface area contributed by atoms with E-state index in [4.69, 9.17) is 4.98 Å². The van der Waals surface area contributed by atoms with E-state index >= 15 is 0 Å². The first-order chi connectivity index (χ1) is 25.8. The Morgan fingerprint density at radius 3 is 1.02 bits per heavy atom. The highest BCUT2D eigenvalue weighted by Crippen LogP contribution is 2.41. The molecule has 9 aromatic carbocycles. The van der Waals surface area contributed by atoms with Gasteiger partial charge in [-0.05, 0) is 79.0 Å². The van der Waals surface area contributed by atoms with Gasteiger partial charge in [0.25, 0.3) is 0 Å². The van der Waals surface area contributed by atoms with E-state index < -0.39 is 0 Å². The predicted octanol–water partition coefficient (Wildman–Crippen LogP) is 14.0. The highest BCUT2D eigenvalue weighted by atomic mass is 14.7. The molecule has 0 atom stereocenters. The fraction of sp³-hybridized carbons (Fsp3) is 0. The van der Waals surface area contributed by atoms with Gasteiger partial charge in [0, 0.05) is 27.1 Å². The van der Waals surface area contributed by atoms with Gasteiger partial charge in [-0.1, -0.05) is 182 Å². The summed E-state index contributed by atoms with van der Waals surface area (Å²) in [7, 11) is 0. The molecule has 0 N–H and O–H groups in total. The SMILES string of the molecule is c1ccc(-c2cc(-c3ccccc3)cc(-c3ccc(-c4ccc(-c5c6ccc7ccccc7c6nc6c5ccc5ccccc56)cc4)cc3)c2)cc1. The van der Waals surface area contributed by atoms with Crippen molar-refractivity contribution in [1.82, 2.24) is 4.98 Å². The van der Waals surface area contributed by atoms with Crippen molar-refractivity contribution in [2.75, 3.05) is 0 Å². The molecule has 1 heteroatoms. The van der Waals surface area contributed by atoms with Gasteiger partial charge in [0.15, 0.2) is 0 Å². The number of aromatic nitrogens is 1. The maximum Gasteiger partial charge on any atom is 0.0794 e. The Morgan fingerprint density at radius 2 is 0.577 bits per heavy atom. The van der Waals surface area contributed by atoms with Crippen molar-refractivity contribution < 1.29 is 0 Å². The Bertz CT molecular complexity index is 2760. The molecule has 0 fully saturated rings. The van der Waals surface area contributed by atoms with E-state index in [9.17, 15) is 0 Å². The van der Waals surface area contributed by atoms with Crippen molar-refractivity contribution in [3.05, 3.63) is 200 Å². The molecule has 10 rings (SSSR count). The van der Waals surface area contributed by atoms with E-state index in [-0.39, 0.29) is 0 Å². The van der Waals surface area contributed by atoms with Gasteiger partial charge in [0.2, 0.25) is 0 Å². The first kappa shape index (κ1) is 30.0. The second-order valence-corrected chi connectivity index (χ2v) is 13.5. The molecule has 10 aromatic rings. The molecular formula is C51H33N. The summed E-state index contributed by atoms with van der Waals surface area (Å²) < 4.78 is 0. The number of rotatable bonds is 5. The van der Waals surface area contributed by atoms with Crippen molar-refractivity contribution in [2.24, 2.45) is 0 Å². The average Bonchev–Trinajstić information content (AvgIpc) is 3.23. The fourth-order valence-electron chi connectivity index (χ4n) is 7.80. The van der Waals surface area contributed by atoms with Gasteiger partial charge in [-0.15, -0.1) is 0 Å². The zero-order valence-electron chi connectivity index (χ0n) is 28.5. The Hall–Kier alpha value is -6.83. The van der Waals surface area contributed by atoms with Gasteiger partial charge in [-0.2, -0.15) is 0 Å². The lowest BCUT2D eigenvalue weighted by molar-refractivity contribution is 1.53. The highest BCUT2D eigenvalue weighted by Gasteiger charge is 2.16. The third kappa shape index (κ3) is 5.23. The molecule has 1 heterocycles. The van der Waals surface area contributed by atoms with Crippen LogP contribution < -0.4 is 0 Å². The van der Waals surface area contributed by atoms with Crippen LogP contribution in [0.1, 0.15) is 0 Å². The maximum absolute atomic E-state index is 5.36. The molecule has 0 saturated carbocycles. The summed E-state index contributed by atoms with van der Waals surface area (Å²) >= 11 is 0. The van der Waals surface area contributed by atoms with Gasteiger partial charge < -0.3 is 0 Å². The van der Waals surface area contributed by atoms with Gasteiger partial charge >= 0.3 is 0 Å². The minimum absolute atomic E-state index is 1.04. The van der Waals surface area contributed by atoms with Gasteiger partial charge in [0.05, 0.1) is 11.0 Å². The molecule has 0 aliphatic rings. The standard InChI is InChI=1S/C51H33N/c1-3-11-34(12-4-1)42-31-43(35-13-5-2-6-14-35)33-44(32-42)38-21-19-36(20-22-38)37-23-25-41(26-24-37)49-47-29-27-39-15-7-9-17-45(39)50(47)52-51-46-18-10-8-16-40(46)28-30-48(49)51/h1-33H. The van der Waals surface area contributed by atoms with Crippen molar-refractivity contribution in [3.8, 4) is 55.6 Å². The average molecular weight is 660 g/mol. The Balaban J connectivity index is 1.05. The second-order valence-electron chi connectivity index (χ2n) is 13.5. The molecule has 0 bridgehead atoms. The van der Waals surface area contributed by atoms with Crippen molar-refractivity contribution >= 4 is 43.4 Å². The Morgan fingerprint density at radius 1 is 0.231 bits per heavy atom. The van der Waals surface area contributed by atoms with Crippen LogP contribution in [-0.2, 0) is 0 Å². The van der Waals surface area contributed by atoms with Gasteiger partial charge in [-0.25, -0.2) is 4.98 Å². The lowest BCUT2D eigenvalue weighted by Crippen LogP contribution is -1.92. The summed E-state index contributed by atoms with van der Waals surface area (Å²) in [6.07, 6.45) is 0. The summed E-state index contributed by atoms with van der Waals surface area (Å²) in [6.45, 7) is 0. The molecule has 0 spiro atoms. The highest BCUT2D eigenvalue weighted by molar-refractivity contribution is 6.21. The second kappa shape index (κ2) is 12.5. The molecular weight excluding hydrogens is 627 g/mol. The number of nitrogens with zero attached hydrogens (tertiary/aromatic N) is 1. The van der Waals surface area contributed by atoms with E-state index in [0.29, 0.717) is 0 Å². The minimum Gasteiger partial charge on any atom is -0.246 e. The largest absolute Gasteiger partial charge is 0.246 e. The molecule has 0 aliphatic heterocycles. The van der Waals surface area contributed by atoms with Gasteiger partial charge in [-0.3, -0.25) is 0 Å². The molecule has 242 valence electrons. The van der Waals surface area contributed by atoms with Crippen molar-refractivity contribution in [1.29, 1.82) is 0 Å². The van der Waals surface area contributed by atoms with Crippen LogP contribution in [0.25, 0.3) is 99.0 Å². The normalized spacial score (nSPS) is 11.5. The minimum atomic E-state index is 1.04. The maximum atomic E-state index is 5.36. The van der Waals surface area contributed by atoms with E-state index in [0.717, 1.165) is 11.0 Å². The molecule has 0 amide bonds. The first-order valence-corrected chi connectivity index (χ1v) is 17.9. The van der Waals surface area contributed by atoms with Crippen LogP contribution in [0.3, 0.4) is 0 Å². The van der Waals surface area contributed by atoms with Crippen LogP contribution >= 0.6 is 0 Å². The van der Waals surface area contributed by atoms with Crippen LogP contribution in [0.4, 0.5) is 0 Å². The quantitative estimate of drug-likeness (QED) is 0.132. The number of pyridine rings is 1. The molecule has 0 radical (unpaired) electrons. The topological polar surface area (TPSA) is 12.9 Å². The summed E-state index contributed by atoms with van der Waals surface area (Å²) in [5.41, 5.74) is 14.2. The summed E-state index contributed by atoms with van der Waals surface area (Å²) in [5, 5.41) is 7.11. The Labute approximate surface area is 303 Å². The molecule has 0 unspecified atom stereocenters. The van der Waals surface area contributed by atoms with Crippen LogP contribution in [0.15, 0.2) is 200 Å². The summed E-state index contributed by atoms with van der Waals surface area (Å²) in [4.78, 5) is 5.36. The van der Waals surface area contributed by atoms with E-state index in [2.05, 4.69) is 200 Å². The van der Waals surface area contributed by atoms with Crippen molar-refractivity contribution in [2.45, 2.75) is 0 Å². The Kier molecular flexibility index (Phi) is 7.22. The molecule has 1 nitrogen and oxygen atoms in total. The van der Waals surface area contributed by atoms with Crippen LogP contribution in [0.2, 0.25) is 0 Å². The fourth-order valence-corrected chi connectivity index (χ4v) is 7.80. The van der Waals surface area contributed by atoms with Crippen LogP contribution in [-0.4, -0.2) is 4.98 Å². The molecule has 1 aromatic heterocycles. The van der Waals surface area contributed by atoms with Gasteiger partial charge in [0.1, 0.15) is 0 Å². The number of hydrogen-bond acceptors (Lipinski definition) is 1. The number of fused-ring (bicyclic) bond motifs is 6. The number of benzene rings is 9. The zero-order valence-corrected chi connectivity index (χ0v) is 28.5.